The lowest BCUT2D eigenvalue weighted by atomic mass is 9.52. The van der Waals surface area contributed by atoms with E-state index in [1.807, 2.05) is 19.1 Å². The van der Waals surface area contributed by atoms with Gasteiger partial charge in [-0.2, -0.15) is 0 Å². The first-order valence-corrected chi connectivity index (χ1v) is 15.5. The van der Waals surface area contributed by atoms with E-state index in [4.69, 9.17) is 22.1 Å². The van der Waals surface area contributed by atoms with Crippen LogP contribution in [0.3, 0.4) is 0 Å². The van der Waals surface area contributed by atoms with Crippen LogP contribution in [-0.4, -0.2) is 64.5 Å². The molecule has 5 aliphatic rings. The summed E-state index contributed by atoms with van der Waals surface area (Å²) in [5.41, 5.74) is 8.58. The molecule has 0 aliphatic heterocycles. The molecule has 2 unspecified atom stereocenters. The van der Waals surface area contributed by atoms with Crippen LogP contribution < -0.4 is 15.8 Å². The lowest BCUT2D eigenvalue weighted by Crippen LogP contribution is -2.62. The normalized spacial score (nSPS) is 33.3. The summed E-state index contributed by atoms with van der Waals surface area (Å²) in [6.45, 7) is 6.87. The molecule has 218 valence electrons. The number of carbonyl (C=O) groups excluding carboxylic acids is 1. The van der Waals surface area contributed by atoms with Crippen LogP contribution in [0, 0.1) is 23.7 Å². The molecule has 5 N–H and O–H groups in total. The summed E-state index contributed by atoms with van der Waals surface area (Å²) < 4.78 is 5.48. The van der Waals surface area contributed by atoms with Gasteiger partial charge in [-0.15, -0.1) is 0 Å². The fourth-order valence-electron chi connectivity index (χ4n) is 8.57. The van der Waals surface area contributed by atoms with Crippen molar-refractivity contribution in [3.63, 3.8) is 0 Å². The van der Waals surface area contributed by atoms with E-state index in [-0.39, 0.29) is 30.0 Å². The molecular formula is C31H48ClN3O4. The molecular weight excluding hydrogens is 514 g/mol. The number of ether oxygens (including phenoxy) is 1. The fourth-order valence-corrected chi connectivity index (χ4v) is 8.84. The Balaban J connectivity index is 1.20. The molecule has 6 atom stereocenters. The number of nitrogens with zero attached hydrogens (tertiary/aromatic N) is 1. The minimum absolute atomic E-state index is 0.0302. The zero-order valence-electron chi connectivity index (χ0n) is 24.0. The van der Waals surface area contributed by atoms with Gasteiger partial charge in [0, 0.05) is 36.6 Å². The predicted molar refractivity (Wildman–Crippen MR) is 154 cm³/mol. The summed E-state index contributed by atoms with van der Waals surface area (Å²) in [5, 5.41) is 26.1. The maximum Gasteiger partial charge on any atom is 0.223 e. The van der Waals surface area contributed by atoms with E-state index in [0.717, 1.165) is 44.9 Å². The quantitative estimate of drug-likeness (QED) is 0.322. The van der Waals surface area contributed by atoms with Crippen LogP contribution in [0.25, 0.3) is 0 Å². The Labute approximate surface area is 238 Å². The van der Waals surface area contributed by atoms with E-state index in [1.165, 1.54) is 11.1 Å². The van der Waals surface area contributed by atoms with Crippen molar-refractivity contribution in [2.45, 2.75) is 114 Å². The number of nitrogens with one attached hydrogen (secondary N) is 1. The molecule has 1 aromatic carbocycles. The maximum atomic E-state index is 13.4. The number of aliphatic hydroxyl groups is 2. The Kier molecular flexibility index (Phi) is 8.57. The fraction of sp³-hybridized carbons (Fsp3) is 0.774. The lowest BCUT2D eigenvalue weighted by molar-refractivity contribution is -0.148. The molecule has 8 heteroatoms. The Bertz CT molecular complexity index is 1030. The van der Waals surface area contributed by atoms with Crippen molar-refractivity contribution >= 4 is 17.5 Å². The van der Waals surface area contributed by atoms with Gasteiger partial charge in [-0.3, -0.25) is 9.69 Å². The van der Waals surface area contributed by atoms with Gasteiger partial charge in [0.2, 0.25) is 5.91 Å². The number of hydrogen-bond donors (Lipinski definition) is 4. The van der Waals surface area contributed by atoms with Crippen molar-refractivity contribution < 1.29 is 19.7 Å². The molecule has 4 bridgehead atoms. The molecule has 39 heavy (non-hydrogen) atoms. The van der Waals surface area contributed by atoms with Gasteiger partial charge in [0.1, 0.15) is 5.75 Å². The SMILES string of the molecule is CC[C@H](C[C@H](O)[C@@H](N)CN(C(C)C)[C@@H]1CCc2cc(Cl)c(OC)cc21)C(=O)NC1C2CC3CC1CC(O)(C3)C2. The van der Waals surface area contributed by atoms with Gasteiger partial charge in [0.25, 0.3) is 0 Å². The molecule has 0 heterocycles. The maximum absolute atomic E-state index is 13.4. The Morgan fingerprint density at radius 1 is 1.26 bits per heavy atom. The molecule has 4 saturated carbocycles. The van der Waals surface area contributed by atoms with Crippen LogP contribution in [-0.2, 0) is 11.2 Å². The average molecular weight is 562 g/mol. The van der Waals surface area contributed by atoms with Crippen LogP contribution in [0.5, 0.6) is 5.75 Å². The highest BCUT2D eigenvalue weighted by atomic mass is 35.5. The highest BCUT2D eigenvalue weighted by Gasteiger charge is 2.55. The molecule has 0 aromatic heterocycles. The number of carbonyl (C=O) groups is 1. The van der Waals surface area contributed by atoms with Crippen molar-refractivity contribution in [2.75, 3.05) is 13.7 Å². The highest BCUT2D eigenvalue weighted by molar-refractivity contribution is 6.32. The molecule has 7 nitrogen and oxygen atoms in total. The van der Waals surface area contributed by atoms with E-state index in [0.29, 0.717) is 47.9 Å². The largest absolute Gasteiger partial charge is 0.495 e. The number of amides is 1. The standard InChI is InChI=1S/C31H48ClN3O4/c1-5-19(30(37)34-29-21-8-18-9-22(29)15-31(38,13-18)14-21)11-27(36)25(33)16-35(17(2)3)26-7-6-20-10-24(32)28(39-4)12-23(20)26/h10,12,17-19,21-22,25-27,29,36,38H,5-9,11,13-16,33H2,1-4H3,(H,34,37)/t18?,19-,21?,22?,25+,26-,27+,29?,31?/m1/s1. The van der Waals surface area contributed by atoms with E-state index >= 15 is 0 Å². The van der Waals surface area contributed by atoms with Gasteiger partial charge in [0.05, 0.1) is 23.8 Å². The van der Waals surface area contributed by atoms with E-state index < -0.39 is 17.7 Å². The summed E-state index contributed by atoms with van der Waals surface area (Å²) in [6, 6.07) is 4.16. The van der Waals surface area contributed by atoms with Gasteiger partial charge in [-0.1, -0.05) is 18.5 Å². The minimum Gasteiger partial charge on any atom is -0.495 e. The zero-order chi connectivity index (χ0) is 28.1. The van der Waals surface area contributed by atoms with Gasteiger partial charge in [-0.05, 0) is 113 Å². The molecule has 1 aromatic rings. The van der Waals surface area contributed by atoms with Crippen LogP contribution in [0.2, 0.25) is 5.02 Å². The Morgan fingerprint density at radius 2 is 1.95 bits per heavy atom. The van der Waals surface area contributed by atoms with Crippen molar-refractivity contribution in [1.82, 2.24) is 10.2 Å². The topological polar surface area (TPSA) is 108 Å². The monoisotopic (exact) mass is 561 g/mol. The van der Waals surface area contributed by atoms with Crippen molar-refractivity contribution in [3.8, 4) is 5.75 Å². The number of nitrogens with two attached hydrogens (primary N) is 1. The third kappa shape index (κ3) is 5.85. The zero-order valence-corrected chi connectivity index (χ0v) is 24.8. The van der Waals surface area contributed by atoms with Crippen molar-refractivity contribution in [1.29, 1.82) is 0 Å². The Morgan fingerprint density at radius 3 is 2.54 bits per heavy atom. The number of hydrogen-bond acceptors (Lipinski definition) is 6. The number of rotatable bonds is 11. The van der Waals surface area contributed by atoms with Crippen LogP contribution >= 0.6 is 11.6 Å². The summed E-state index contributed by atoms with van der Waals surface area (Å²) in [7, 11) is 1.64. The molecule has 0 spiro atoms. The number of methoxy groups -OCH3 is 1. The van der Waals surface area contributed by atoms with Gasteiger partial charge in [0.15, 0.2) is 0 Å². The highest BCUT2D eigenvalue weighted by Crippen LogP contribution is 2.55. The first kappa shape index (κ1) is 29.1. The van der Waals surface area contributed by atoms with Gasteiger partial charge >= 0.3 is 0 Å². The molecule has 6 rings (SSSR count). The smallest absolute Gasteiger partial charge is 0.223 e. The number of aliphatic hydroxyl groups excluding tert-OH is 1. The Hall–Kier alpha value is -1.38. The predicted octanol–water partition coefficient (Wildman–Crippen LogP) is 4.21. The molecule has 0 radical (unpaired) electrons. The van der Waals surface area contributed by atoms with Gasteiger partial charge in [-0.25, -0.2) is 0 Å². The summed E-state index contributed by atoms with van der Waals surface area (Å²) in [5.74, 6) is 1.78. The second-order valence-corrected chi connectivity index (χ2v) is 13.7. The minimum atomic E-state index is -0.776. The van der Waals surface area contributed by atoms with Crippen molar-refractivity contribution in [3.05, 3.63) is 28.3 Å². The van der Waals surface area contributed by atoms with Crippen LogP contribution in [0.4, 0.5) is 0 Å². The number of aryl methyl sites for hydroxylation is 1. The number of benzene rings is 1. The lowest BCUT2D eigenvalue weighted by Gasteiger charge is -2.58. The van der Waals surface area contributed by atoms with Crippen molar-refractivity contribution in [2.24, 2.45) is 29.4 Å². The number of fused-ring (bicyclic) bond motifs is 1. The molecule has 1 amide bonds. The summed E-state index contributed by atoms with van der Waals surface area (Å²) in [6.07, 6.45) is 6.94. The number of halogens is 1. The third-order valence-corrected chi connectivity index (χ3v) is 10.7. The molecule has 0 saturated heterocycles. The van der Waals surface area contributed by atoms with E-state index in [1.54, 1.807) is 7.11 Å². The molecule has 4 fully saturated rings. The van der Waals surface area contributed by atoms with Crippen LogP contribution in [0.15, 0.2) is 12.1 Å². The first-order chi connectivity index (χ1) is 18.5. The van der Waals surface area contributed by atoms with Gasteiger partial charge < -0.3 is 26.0 Å². The molecule has 5 aliphatic carbocycles. The second-order valence-electron chi connectivity index (χ2n) is 13.3. The summed E-state index contributed by atoms with van der Waals surface area (Å²) in [4.78, 5) is 15.8. The van der Waals surface area contributed by atoms with E-state index in [2.05, 4.69) is 24.1 Å². The summed E-state index contributed by atoms with van der Waals surface area (Å²) >= 11 is 6.38. The second kappa shape index (κ2) is 11.5. The first-order valence-electron chi connectivity index (χ1n) is 15.1. The third-order valence-electron chi connectivity index (χ3n) is 10.4. The average Bonchev–Trinajstić information content (AvgIpc) is 3.27. The van der Waals surface area contributed by atoms with E-state index in [9.17, 15) is 15.0 Å². The van der Waals surface area contributed by atoms with Crippen LogP contribution in [0.1, 0.15) is 89.3 Å².